The van der Waals surface area contributed by atoms with E-state index in [4.69, 9.17) is 9.31 Å². The maximum absolute atomic E-state index is 15.4. The van der Waals surface area contributed by atoms with Crippen molar-refractivity contribution in [1.29, 1.82) is 0 Å². The number of para-hydroxylation sites is 2. The van der Waals surface area contributed by atoms with E-state index in [0.29, 0.717) is 11.4 Å². The first-order valence-corrected chi connectivity index (χ1v) is 10.2. The van der Waals surface area contributed by atoms with Gasteiger partial charge in [0.05, 0.1) is 16.7 Å². The summed E-state index contributed by atoms with van der Waals surface area (Å²) in [5.41, 5.74) is -3.01. The molecule has 0 aromatic heterocycles. The van der Waals surface area contributed by atoms with E-state index >= 15 is 17.6 Å². The Hall–Kier alpha value is -2.84. The summed E-state index contributed by atoms with van der Waals surface area (Å²) in [6.45, 7) is 6.71. The molecule has 0 saturated carbocycles. The van der Waals surface area contributed by atoms with Gasteiger partial charge in [-0.05, 0) is 52.0 Å². The van der Waals surface area contributed by atoms with Crippen LogP contribution < -0.4 is 10.4 Å². The summed E-state index contributed by atoms with van der Waals surface area (Å²) in [5.74, 6) is -6.20. The SMILES string of the molecule is CC1(C)OB(c2c(F)c(F)c(N(c3ccccc3)c3ccccc3)c(F)c2F)OC1(C)C. The van der Waals surface area contributed by atoms with Gasteiger partial charge in [-0.15, -0.1) is 0 Å². The van der Waals surface area contributed by atoms with Crippen LogP contribution in [0.2, 0.25) is 0 Å². The molecule has 0 spiro atoms. The van der Waals surface area contributed by atoms with Crippen LogP contribution in [-0.2, 0) is 9.31 Å². The predicted molar refractivity (Wildman–Crippen MR) is 117 cm³/mol. The molecule has 32 heavy (non-hydrogen) atoms. The molecule has 0 unspecified atom stereocenters. The lowest BCUT2D eigenvalue weighted by molar-refractivity contribution is 0.00578. The highest BCUT2D eigenvalue weighted by Gasteiger charge is 2.54. The number of benzene rings is 3. The normalized spacial score (nSPS) is 16.9. The molecule has 1 aliphatic heterocycles. The first-order valence-electron chi connectivity index (χ1n) is 10.2. The first-order chi connectivity index (χ1) is 15.0. The zero-order valence-electron chi connectivity index (χ0n) is 18.1. The molecule has 3 aromatic rings. The van der Waals surface area contributed by atoms with Crippen molar-refractivity contribution in [2.45, 2.75) is 38.9 Å². The quantitative estimate of drug-likeness (QED) is 0.280. The lowest BCUT2D eigenvalue weighted by Crippen LogP contribution is -2.41. The average Bonchev–Trinajstić information content (AvgIpc) is 2.97. The minimum absolute atomic E-state index is 0.332. The molecule has 0 bridgehead atoms. The summed E-state index contributed by atoms with van der Waals surface area (Å²) in [7, 11) is -1.60. The van der Waals surface area contributed by atoms with E-state index in [9.17, 15) is 0 Å². The number of anilines is 3. The molecule has 1 aliphatic rings. The smallest absolute Gasteiger partial charge is 0.399 e. The molecular weight excluding hydrogens is 421 g/mol. The van der Waals surface area contributed by atoms with E-state index in [2.05, 4.69) is 0 Å². The van der Waals surface area contributed by atoms with Gasteiger partial charge in [-0.25, -0.2) is 17.6 Å². The molecule has 0 aliphatic carbocycles. The van der Waals surface area contributed by atoms with Crippen LogP contribution in [0.25, 0.3) is 0 Å². The molecule has 1 heterocycles. The van der Waals surface area contributed by atoms with Gasteiger partial charge < -0.3 is 14.2 Å². The number of hydrogen-bond acceptors (Lipinski definition) is 3. The summed E-state index contributed by atoms with van der Waals surface area (Å²) < 4.78 is 72.7. The molecular formula is C24H22BF4NO2. The van der Waals surface area contributed by atoms with Crippen molar-refractivity contribution in [3.8, 4) is 0 Å². The van der Waals surface area contributed by atoms with Gasteiger partial charge in [0.15, 0.2) is 23.3 Å². The third kappa shape index (κ3) is 3.57. The fraction of sp³-hybridized carbons (Fsp3) is 0.250. The van der Waals surface area contributed by atoms with Gasteiger partial charge in [-0.3, -0.25) is 0 Å². The lowest BCUT2D eigenvalue weighted by Gasteiger charge is -2.32. The zero-order chi connectivity index (χ0) is 23.3. The number of hydrogen-bond donors (Lipinski definition) is 0. The second-order valence-electron chi connectivity index (χ2n) is 8.61. The van der Waals surface area contributed by atoms with Crippen LogP contribution in [0, 0.1) is 23.3 Å². The van der Waals surface area contributed by atoms with E-state index in [-0.39, 0.29) is 0 Å². The number of halogens is 4. The Kier molecular flexibility index (Phi) is 5.55. The molecule has 3 nitrogen and oxygen atoms in total. The number of rotatable bonds is 4. The predicted octanol–water partition coefficient (Wildman–Crippen LogP) is 6.01. The third-order valence-corrected chi connectivity index (χ3v) is 6.02. The van der Waals surface area contributed by atoms with Crippen LogP contribution in [-0.4, -0.2) is 18.3 Å². The fourth-order valence-electron chi connectivity index (χ4n) is 3.56. The van der Waals surface area contributed by atoms with E-state index in [1.54, 1.807) is 88.4 Å². The van der Waals surface area contributed by atoms with Crippen LogP contribution in [0.5, 0.6) is 0 Å². The minimum Gasteiger partial charge on any atom is -0.399 e. The maximum Gasteiger partial charge on any atom is 0.501 e. The highest BCUT2D eigenvalue weighted by atomic mass is 19.2. The molecule has 1 saturated heterocycles. The van der Waals surface area contributed by atoms with Crippen molar-refractivity contribution < 1.29 is 26.9 Å². The molecule has 8 heteroatoms. The monoisotopic (exact) mass is 443 g/mol. The van der Waals surface area contributed by atoms with E-state index in [1.165, 1.54) is 0 Å². The topological polar surface area (TPSA) is 21.7 Å². The van der Waals surface area contributed by atoms with Crippen molar-refractivity contribution >= 4 is 29.6 Å². The van der Waals surface area contributed by atoms with Gasteiger partial charge in [0.2, 0.25) is 0 Å². The highest BCUT2D eigenvalue weighted by Crippen LogP contribution is 2.41. The molecule has 3 aromatic carbocycles. The van der Waals surface area contributed by atoms with Crippen molar-refractivity contribution in [1.82, 2.24) is 0 Å². The summed E-state index contributed by atoms with van der Waals surface area (Å²) >= 11 is 0. The Balaban J connectivity index is 1.91. The number of nitrogens with zero attached hydrogens (tertiary/aromatic N) is 1. The van der Waals surface area contributed by atoms with Gasteiger partial charge in [-0.2, -0.15) is 0 Å². The molecule has 4 rings (SSSR count). The molecule has 166 valence electrons. The van der Waals surface area contributed by atoms with Gasteiger partial charge >= 0.3 is 7.12 Å². The maximum atomic E-state index is 15.4. The Morgan fingerprint density at radius 2 is 1.00 bits per heavy atom. The Bertz CT molecular complexity index is 1060. The van der Waals surface area contributed by atoms with E-state index in [1.807, 2.05) is 0 Å². The van der Waals surface area contributed by atoms with Gasteiger partial charge in [0.25, 0.3) is 0 Å². The van der Waals surface area contributed by atoms with Crippen molar-refractivity contribution in [2.75, 3.05) is 4.90 Å². The molecule has 0 N–H and O–H groups in total. The molecule has 0 atom stereocenters. The standard InChI is InChI=1S/C24H22BF4NO2/c1-23(2)24(3,4)32-25(31-23)17-18(26)20(28)22(21(29)19(17)27)30(15-11-7-5-8-12-15)16-13-9-6-10-14-16/h5-14H,1-4H3. The van der Waals surface area contributed by atoms with Crippen molar-refractivity contribution in [2.24, 2.45) is 0 Å². The van der Waals surface area contributed by atoms with Crippen LogP contribution in [0.15, 0.2) is 60.7 Å². The van der Waals surface area contributed by atoms with Crippen LogP contribution >= 0.6 is 0 Å². The molecule has 0 amide bonds. The van der Waals surface area contributed by atoms with Crippen molar-refractivity contribution in [3.63, 3.8) is 0 Å². The Morgan fingerprint density at radius 1 is 0.625 bits per heavy atom. The lowest BCUT2D eigenvalue weighted by atomic mass is 9.77. The summed E-state index contributed by atoms with van der Waals surface area (Å²) in [4.78, 5) is 1.13. The highest BCUT2D eigenvalue weighted by molar-refractivity contribution is 6.62. The second kappa shape index (κ2) is 7.94. The third-order valence-electron chi connectivity index (χ3n) is 6.02. The van der Waals surface area contributed by atoms with Crippen LogP contribution in [0.3, 0.4) is 0 Å². The Labute approximate surface area is 184 Å². The second-order valence-corrected chi connectivity index (χ2v) is 8.61. The van der Waals surface area contributed by atoms with Crippen LogP contribution in [0.1, 0.15) is 27.7 Å². The summed E-state index contributed by atoms with van der Waals surface area (Å²) in [5, 5.41) is 0. The van der Waals surface area contributed by atoms with E-state index < -0.39 is 52.7 Å². The summed E-state index contributed by atoms with van der Waals surface area (Å²) in [6, 6.07) is 16.4. The Morgan fingerprint density at radius 3 is 1.38 bits per heavy atom. The molecule has 0 radical (unpaired) electrons. The minimum atomic E-state index is -1.60. The largest absolute Gasteiger partial charge is 0.501 e. The van der Waals surface area contributed by atoms with E-state index in [0.717, 1.165) is 4.90 Å². The van der Waals surface area contributed by atoms with Crippen molar-refractivity contribution in [3.05, 3.63) is 83.9 Å². The van der Waals surface area contributed by atoms with Gasteiger partial charge in [-0.1, -0.05) is 36.4 Å². The molecule has 1 fully saturated rings. The first kappa shape index (κ1) is 22.4. The fourth-order valence-corrected chi connectivity index (χ4v) is 3.56. The zero-order valence-corrected chi connectivity index (χ0v) is 18.1. The van der Waals surface area contributed by atoms with Gasteiger partial charge in [0, 0.05) is 11.4 Å². The average molecular weight is 443 g/mol. The van der Waals surface area contributed by atoms with Gasteiger partial charge in [0.1, 0.15) is 5.69 Å². The van der Waals surface area contributed by atoms with Crippen LogP contribution in [0.4, 0.5) is 34.6 Å². The summed E-state index contributed by atoms with van der Waals surface area (Å²) in [6.07, 6.45) is 0.